The molecule has 0 aliphatic carbocycles. The Morgan fingerprint density at radius 1 is 1.09 bits per heavy atom. The van der Waals surface area contributed by atoms with Crippen LogP contribution in [0.15, 0.2) is 57.7 Å². The van der Waals surface area contributed by atoms with E-state index < -0.39 is 11.6 Å². The van der Waals surface area contributed by atoms with Gasteiger partial charge < -0.3 is 18.8 Å². The number of fused-ring (bicyclic) bond motifs is 1. The Hall–Kier alpha value is -3.61. The summed E-state index contributed by atoms with van der Waals surface area (Å²) in [6.07, 6.45) is 3.09. The van der Waals surface area contributed by atoms with E-state index in [2.05, 4.69) is 0 Å². The zero-order chi connectivity index (χ0) is 23.4. The minimum Gasteiger partial charge on any atom is -0.489 e. The fraction of sp³-hybridized carbons (Fsp3) is 0.346. The molecule has 7 nitrogen and oxygen atoms in total. The monoisotopic (exact) mass is 449 g/mol. The first-order valence-electron chi connectivity index (χ1n) is 11.1. The molecule has 0 spiro atoms. The summed E-state index contributed by atoms with van der Waals surface area (Å²) in [6, 6.07) is 13.9. The van der Waals surface area contributed by atoms with Crippen LogP contribution in [0.1, 0.15) is 47.7 Å². The molecule has 0 radical (unpaired) electrons. The average molecular weight is 450 g/mol. The zero-order valence-corrected chi connectivity index (χ0v) is 18.8. The molecule has 1 fully saturated rings. The average Bonchev–Trinajstić information content (AvgIpc) is 2.81. The number of amides is 1. The Morgan fingerprint density at radius 3 is 2.64 bits per heavy atom. The highest BCUT2D eigenvalue weighted by atomic mass is 16.5. The van der Waals surface area contributed by atoms with Gasteiger partial charge in [-0.05, 0) is 68.5 Å². The Morgan fingerprint density at radius 2 is 1.88 bits per heavy atom. The molecule has 2 heterocycles. The molecule has 2 aromatic carbocycles. The molecule has 172 valence electrons. The van der Waals surface area contributed by atoms with Crippen molar-refractivity contribution in [3.8, 4) is 5.75 Å². The first kappa shape index (κ1) is 22.6. The lowest BCUT2D eigenvalue weighted by atomic mass is 10.0. The first-order chi connectivity index (χ1) is 15.9. The van der Waals surface area contributed by atoms with E-state index in [1.807, 2.05) is 26.0 Å². The second kappa shape index (κ2) is 9.90. The van der Waals surface area contributed by atoms with Gasteiger partial charge in [0.15, 0.2) is 6.61 Å². The van der Waals surface area contributed by atoms with Crippen LogP contribution >= 0.6 is 0 Å². The van der Waals surface area contributed by atoms with Gasteiger partial charge in [-0.2, -0.15) is 0 Å². The lowest BCUT2D eigenvalue weighted by Crippen LogP contribution is -2.44. The predicted molar refractivity (Wildman–Crippen MR) is 123 cm³/mol. The molecule has 0 saturated carbocycles. The molecule has 0 N–H and O–H groups in total. The highest BCUT2D eigenvalue weighted by Crippen LogP contribution is 2.23. The number of ether oxygens (including phenoxy) is 2. The zero-order valence-electron chi connectivity index (χ0n) is 18.8. The minimum atomic E-state index is -0.527. The molecular weight excluding hydrogens is 422 g/mol. The summed E-state index contributed by atoms with van der Waals surface area (Å²) in [7, 11) is 0. The summed E-state index contributed by atoms with van der Waals surface area (Å²) in [5.41, 5.74) is 2.16. The second-order valence-corrected chi connectivity index (χ2v) is 8.40. The molecule has 3 aromatic rings. The van der Waals surface area contributed by atoms with Crippen LogP contribution in [0.4, 0.5) is 0 Å². The van der Waals surface area contributed by atoms with Gasteiger partial charge in [0.1, 0.15) is 17.9 Å². The summed E-state index contributed by atoms with van der Waals surface area (Å²) in [4.78, 5) is 38.1. The molecule has 7 heteroatoms. The van der Waals surface area contributed by atoms with E-state index in [9.17, 15) is 14.4 Å². The largest absolute Gasteiger partial charge is 0.489 e. The van der Waals surface area contributed by atoms with Crippen molar-refractivity contribution in [1.29, 1.82) is 0 Å². The van der Waals surface area contributed by atoms with Gasteiger partial charge in [-0.15, -0.1) is 0 Å². The first-order valence-corrected chi connectivity index (χ1v) is 11.1. The van der Waals surface area contributed by atoms with Crippen LogP contribution in [0, 0.1) is 6.92 Å². The van der Waals surface area contributed by atoms with Gasteiger partial charge in [-0.3, -0.25) is 4.79 Å². The molecule has 1 atom stereocenters. The molecule has 4 rings (SSSR count). The molecule has 33 heavy (non-hydrogen) atoms. The van der Waals surface area contributed by atoms with Crippen LogP contribution < -0.4 is 10.4 Å². The molecule has 1 unspecified atom stereocenters. The highest BCUT2D eigenvalue weighted by molar-refractivity contribution is 5.91. The van der Waals surface area contributed by atoms with E-state index in [1.54, 1.807) is 35.2 Å². The van der Waals surface area contributed by atoms with Crippen LogP contribution in [0.5, 0.6) is 5.75 Å². The van der Waals surface area contributed by atoms with Crippen LogP contribution in [-0.4, -0.2) is 36.0 Å². The van der Waals surface area contributed by atoms with Crippen LogP contribution in [0.3, 0.4) is 0 Å². The minimum absolute atomic E-state index is 0.151. The van der Waals surface area contributed by atoms with Crippen molar-refractivity contribution < 1.29 is 23.5 Å². The van der Waals surface area contributed by atoms with Crippen LogP contribution in [-0.2, 0) is 16.1 Å². The van der Waals surface area contributed by atoms with Gasteiger partial charge in [0, 0.05) is 30.1 Å². The maximum absolute atomic E-state index is 12.3. The SMILES string of the molecule is Cc1cc(=O)oc2cc(OCc3ccc(C(=O)OCC(=O)N4CCCCC4C)cc3)ccc12. The lowest BCUT2D eigenvalue weighted by Gasteiger charge is -2.33. The van der Waals surface area contributed by atoms with E-state index in [1.165, 1.54) is 6.07 Å². The van der Waals surface area contributed by atoms with E-state index >= 15 is 0 Å². The third-order valence-electron chi connectivity index (χ3n) is 5.97. The van der Waals surface area contributed by atoms with Crippen molar-refractivity contribution in [2.45, 2.75) is 45.8 Å². The molecular formula is C26H27NO6. The summed E-state index contributed by atoms with van der Waals surface area (Å²) >= 11 is 0. The van der Waals surface area contributed by atoms with E-state index in [4.69, 9.17) is 13.9 Å². The number of hydrogen-bond acceptors (Lipinski definition) is 6. The van der Waals surface area contributed by atoms with Gasteiger partial charge in [-0.25, -0.2) is 9.59 Å². The van der Waals surface area contributed by atoms with Crippen molar-refractivity contribution in [3.05, 3.63) is 75.6 Å². The number of carbonyl (C=O) groups excluding carboxylic acids is 2. The Bertz CT molecular complexity index is 1210. The molecule has 1 aromatic heterocycles. The third kappa shape index (κ3) is 5.42. The lowest BCUT2D eigenvalue weighted by molar-refractivity contribution is -0.137. The second-order valence-electron chi connectivity index (χ2n) is 8.40. The normalized spacial score (nSPS) is 15.9. The molecule has 1 saturated heterocycles. The van der Waals surface area contributed by atoms with E-state index in [0.717, 1.165) is 42.3 Å². The summed E-state index contributed by atoms with van der Waals surface area (Å²) < 4.78 is 16.3. The highest BCUT2D eigenvalue weighted by Gasteiger charge is 2.24. The molecule has 1 aliphatic rings. The number of hydrogen-bond donors (Lipinski definition) is 0. The van der Waals surface area contributed by atoms with Gasteiger partial charge in [-0.1, -0.05) is 12.1 Å². The van der Waals surface area contributed by atoms with E-state index in [0.29, 0.717) is 16.9 Å². The van der Waals surface area contributed by atoms with Crippen molar-refractivity contribution in [2.75, 3.05) is 13.2 Å². The third-order valence-corrected chi connectivity index (χ3v) is 5.97. The smallest absolute Gasteiger partial charge is 0.338 e. The number of likely N-dealkylation sites (tertiary alicyclic amines) is 1. The maximum atomic E-state index is 12.3. The molecule has 0 bridgehead atoms. The summed E-state index contributed by atoms with van der Waals surface area (Å²) in [5.74, 6) is -0.104. The van der Waals surface area contributed by atoms with Gasteiger partial charge >= 0.3 is 11.6 Å². The van der Waals surface area contributed by atoms with Crippen LogP contribution in [0.2, 0.25) is 0 Å². The number of rotatable bonds is 6. The van der Waals surface area contributed by atoms with Crippen molar-refractivity contribution >= 4 is 22.8 Å². The topological polar surface area (TPSA) is 86.0 Å². The van der Waals surface area contributed by atoms with Crippen molar-refractivity contribution in [3.63, 3.8) is 0 Å². The standard InChI is InChI=1S/C26H27NO6/c1-17-13-25(29)33-23-14-21(10-11-22(17)23)31-15-19-6-8-20(9-7-19)26(30)32-16-24(28)27-12-4-3-5-18(27)2/h6-11,13-14,18H,3-5,12,15-16H2,1-2H3. The van der Waals surface area contributed by atoms with Crippen molar-refractivity contribution in [1.82, 2.24) is 4.90 Å². The Labute approximate surface area is 191 Å². The Kier molecular flexibility index (Phi) is 6.77. The number of carbonyl (C=O) groups is 2. The van der Waals surface area contributed by atoms with E-state index in [-0.39, 0.29) is 25.2 Å². The molecule has 1 aliphatic heterocycles. The van der Waals surface area contributed by atoms with Gasteiger partial charge in [0.25, 0.3) is 5.91 Å². The van der Waals surface area contributed by atoms with Gasteiger partial charge in [0.05, 0.1) is 5.56 Å². The number of benzene rings is 2. The number of aryl methyl sites for hydroxylation is 1. The number of esters is 1. The number of piperidine rings is 1. The fourth-order valence-corrected chi connectivity index (χ4v) is 4.06. The maximum Gasteiger partial charge on any atom is 0.338 e. The van der Waals surface area contributed by atoms with Crippen molar-refractivity contribution in [2.24, 2.45) is 0 Å². The van der Waals surface area contributed by atoms with Gasteiger partial charge in [0.2, 0.25) is 0 Å². The fourth-order valence-electron chi connectivity index (χ4n) is 4.06. The number of nitrogens with zero attached hydrogens (tertiary/aromatic N) is 1. The molecule has 1 amide bonds. The quantitative estimate of drug-likeness (QED) is 0.413. The predicted octanol–water partition coefficient (Wildman–Crippen LogP) is 4.24. The van der Waals surface area contributed by atoms with Crippen LogP contribution in [0.25, 0.3) is 11.0 Å². The summed E-state index contributed by atoms with van der Waals surface area (Å²) in [6.45, 7) is 4.63. The Balaban J connectivity index is 1.31. The summed E-state index contributed by atoms with van der Waals surface area (Å²) in [5, 5.41) is 0.859.